The second-order valence-electron chi connectivity index (χ2n) is 6.52. The fraction of sp³-hybridized carbons (Fsp3) is 0.500. The van der Waals surface area contributed by atoms with E-state index in [-0.39, 0.29) is 34.5 Å². The Bertz CT molecular complexity index is 759. The van der Waals surface area contributed by atoms with E-state index in [0.717, 1.165) is 5.69 Å². The van der Waals surface area contributed by atoms with Gasteiger partial charge in [-0.2, -0.15) is 0 Å². The van der Waals surface area contributed by atoms with Crippen LogP contribution in [0.25, 0.3) is 0 Å². The lowest BCUT2D eigenvalue weighted by Crippen LogP contribution is -2.33. The highest BCUT2D eigenvalue weighted by Gasteiger charge is 2.36. The van der Waals surface area contributed by atoms with E-state index in [1.807, 2.05) is 31.7 Å². The van der Waals surface area contributed by atoms with Crippen molar-refractivity contribution in [2.75, 3.05) is 13.1 Å². The highest BCUT2D eigenvalue weighted by atomic mass is 35.5. The summed E-state index contributed by atoms with van der Waals surface area (Å²) in [5, 5.41) is 0.263. The molecule has 24 heavy (non-hydrogen) atoms. The molecule has 0 unspecified atom stereocenters. The molecule has 0 bridgehead atoms. The third-order valence-electron chi connectivity index (χ3n) is 4.24. The number of nitrogens with two attached hydrogens (primary N) is 1. The van der Waals surface area contributed by atoms with Gasteiger partial charge in [-0.25, -0.2) is 15.0 Å². The molecule has 0 saturated carbocycles. The molecule has 2 aromatic rings. The molecule has 8 heteroatoms. The average molecular weight is 349 g/mol. The molecule has 2 N–H and O–H groups in total. The predicted octanol–water partition coefficient (Wildman–Crippen LogP) is 1.55. The molecule has 0 aromatic carbocycles. The summed E-state index contributed by atoms with van der Waals surface area (Å²) in [6.07, 6.45) is 5.17. The van der Waals surface area contributed by atoms with E-state index in [0.29, 0.717) is 18.9 Å². The van der Waals surface area contributed by atoms with Crippen LogP contribution in [0.1, 0.15) is 47.7 Å². The number of nitrogens with zero attached hydrogens (tertiary/aromatic N) is 5. The molecular formula is C16H21ClN6O. The minimum atomic E-state index is -0.210. The fourth-order valence-electron chi connectivity index (χ4n) is 2.89. The summed E-state index contributed by atoms with van der Waals surface area (Å²) in [5.74, 6) is 0.530. The average Bonchev–Trinajstić information content (AvgIpc) is 3.12. The molecule has 1 aliphatic heterocycles. The van der Waals surface area contributed by atoms with Gasteiger partial charge in [0.1, 0.15) is 5.82 Å². The van der Waals surface area contributed by atoms with Gasteiger partial charge in [0.05, 0.1) is 23.2 Å². The van der Waals surface area contributed by atoms with Gasteiger partial charge in [0.25, 0.3) is 5.91 Å². The number of hydrogen-bond acceptors (Lipinski definition) is 5. The van der Waals surface area contributed by atoms with Crippen molar-refractivity contribution in [3.05, 3.63) is 41.0 Å². The van der Waals surface area contributed by atoms with E-state index in [1.54, 1.807) is 11.2 Å². The normalized spacial score (nSPS) is 20.8. The number of rotatable bonds is 3. The Kier molecular flexibility index (Phi) is 4.56. The van der Waals surface area contributed by atoms with Gasteiger partial charge < -0.3 is 15.2 Å². The minimum Gasteiger partial charge on any atom is -0.340 e. The monoisotopic (exact) mass is 348 g/mol. The first-order chi connectivity index (χ1) is 11.4. The first kappa shape index (κ1) is 16.9. The molecule has 3 heterocycles. The molecule has 2 aromatic heterocycles. The van der Waals surface area contributed by atoms with Crippen molar-refractivity contribution >= 4 is 17.5 Å². The fourth-order valence-corrected chi connectivity index (χ4v) is 3.06. The molecule has 2 atom stereocenters. The van der Waals surface area contributed by atoms with E-state index in [2.05, 4.69) is 15.0 Å². The van der Waals surface area contributed by atoms with Crippen molar-refractivity contribution < 1.29 is 4.79 Å². The second kappa shape index (κ2) is 6.49. The number of amides is 1. The Morgan fingerprint density at radius 1 is 1.38 bits per heavy atom. The molecule has 1 saturated heterocycles. The lowest BCUT2D eigenvalue weighted by Gasteiger charge is -2.17. The summed E-state index contributed by atoms with van der Waals surface area (Å²) >= 11 is 6.15. The Morgan fingerprint density at radius 2 is 2.12 bits per heavy atom. The number of aromatic nitrogens is 4. The topological polar surface area (TPSA) is 89.9 Å². The van der Waals surface area contributed by atoms with Crippen LogP contribution in [0.3, 0.4) is 0 Å². The zero-order valence-corrected chi connectivity index (χ0v) is 14.7. The number of hydrogen-bond donors (Lipinski definition) is 1. The van der Waals surface area contributed by atoms with Gasteiger partial charge in [0.15, 0.2) is 5.69 Å². The Morgan fingerprint density at radius 3 is 2.75 bits per heavy atom. The molecule has 1 amide bonds. The van der Waals surface area contributed by atoms with Crippen LogP contribution in [0.15, 0.2) is 18.7 Å². The van der Waals surface area contributed by atoms with Crippen LogP contribution in [0.5, 0.6) is 0 Å². The van der Waals surface area contributed by atoms with E-state index >= 15 is 0 Å². The van der Waals surface area contributed by atoms with Gasteiger partial charge in [0, 0.05) is 44.2 Å². The van der Waals surface area contributed by atoms with Gasteiger partial charge in [-0.15, -0.1) is 0 Å². The van der Waals surface area contributed by atoms with Crippen LogP contribution in [-0.2, 0) is 7.05 Å². The van der Waals surface area contributed by atoms with Crippen LogP contribution in [0.2, 0.25) is 5.02 Å². The van der Waals surface area contributed by atoms with Gasteiger partial charge in [-0.05, 0) is 0 Å². The second-order valence-corrected chi connectivity index (χ2v) is 6.93. The molecule has 1 aliphatic rings. The number of imidazole rings is 1. The highest BCUT2D eigenvalue weighted by Crippen LogP contribution is 2.27. The molecule has 0 radical (unpaired) electrons. The molecule has 1 fully saturated rings. The van der Waals surface area contributed by atoms with Crippen LogP contribution >= 0.6 is 11.6 Å². The summed E-state index contributed by atoms with van der Waals surface area (Å²) in [7, 11) is 1.91. The van der Waals surface area contributed by atoms with Crippen LogP contribution < -0.4 is 5.73 Å². The van der Waals surface area contributed by atoms with Gasteiger partial charge in [-0.1, -0.05) is 25.4 Å². The van der Waals surface area contributed by atoms with Gasteiger partial charge in [-0.3, -0.25) is 4.79 Å². The van der Waals surface area contributed by atoms with Gasteiger partial charge >= 0.3 is 0 Å². The van der Waals surface area contributed by atoms with E-state index in [4.69, 9.17) is 17.3 Å². The first-order valence-electron chi connectivity index (χ1n) is 7.92. The summed E-state index contributed by atoms with van der Waals surface area (Å²) in [5.41, 5.74) is 7.37. The zero-order valence-electron chi connectivity index (χ0n) is 14.0. The first-order valence-corrected chi connectivity index (χ1v) is 8.29. The lowest BCUT2D eigenvalue weighted by molar-refractivity contribution is 0.0783. The van der Waals surface area contributed by atoms with Crippen molar-refractivity contribution in [1.82, 2.24) is 24.4 Å². The molecular weight excluding hydrogens is 328 g/mol. The van der Waals surface area contributed by atoms with Crippen molar-refractivity contribution in [3.8, 4) is 0 Å². The lowest BCUT2D eigenvalue weighted by atomic mass is 10.0. The van der Waals surface area contributed by atoms with Crippen LogP contribution in [0, 0.1) is 0 Å². The SMILES string of the molecule is CC(C)c1ncc(Cl)c(C(=O)N2C[C@@H](N)[C@H](c3cn(C)cn3)C2)n1. The highest BCUT2D eigenvalue weighted by molar-refractivity contribution is 6.33. The van der Waals surface area contributed by atoms with Crippen molar-refractivity contribution in [2.24, 2.45) is 12.8 Å². The number of carbonyl (C=O) groups is 1. The zero-order chi connectivity index (χ0) is 17.4. The smallest absolute Gasteiger partial charge is 0.274 e. The molecule has 0 spiro atoms. The predicted molar refractivity (Wildman–Crippen MR) is 91.0 cm³/mol. The Labute approximate surface area is 145 Å². The summed E-state index contributed by atoms with van der Waals surface area (Å²) in [4.78, 5) is 27.4. The number of halogens is 1. The van der Waals surface area contributed by atoms with E-state index in [9.17, 15) is 4.79 Å². The van der Waals surface area contributed by atoms with Crippen LogP contribution in [0.4, 0.5) is 0 Å². The summed E-state index contributed by atoms with van der Waals surface area (Å²) < 4.78 is 1.88. The molecule has 0 aliphatic carbocycles. The Hall–Kier alpha value is -1.99. The molecule has 128 valence electrons. The third kappa shape index (κ3) is 3.14. The Balaban J connectivity index is 1.83. The maximum Gasteiger partial charge on any atom is 0.274 e. The summed E-state index contributed by atoms with van der Waals surface area (Å²) in [6, 6.07) is -0.158. The maximum atomic E-state index is 12.8. The quantitative estimate of drug-likeness (QED) is 0.909. The molecule has 7 nitrogen and oxygen atoms in total. The standard InChI is InChI=1S/C16H21ClN6O/c1-9(2)15-19-4-11(17)14(21-15)16(24)23-5-10(12(18)6-23)13-7-22(3)8-20-13/h4,7-10,12H,5-6,18H2,1-3H3/t10-,12-/m1/s1. The largest absolute Gasteiger partial charge is 0.340 e. The minimum absolute atomic E-state index is 0.0142. The number of carbonyl (C=O) groups excluding carboxylic acids is 1. The molecule has 3 rings (SSSR count). The third-order valence-corrected chi connectivity index (χ3v) is 4.52. The van der Waals surface area contributed by atoms with Crippen molar-refractivity contribution in [2.45, 2.75) is 31.7 Å². The van der Waals surface area contributed by atoms with Crippen LogP contribution in [-0.4, -0.2) is 49.5 Å². The van der Waals surface area contributed by atoms with Crippen molar-refractivity contribution in [3.63, 3.8) is 0 Å². The summed E-state index contributed by atoms with van der Waals surface area (Å²) in [6.45, 7) is 4.91. The maximum absolute atomic E-state index is 12.8. The van der Waals surface area contributed by atoms with Gasteiger partial charge in [0.2, 0.25) is 0 Å². The van der Waals surface area contributed by atoms with E-state index in [1.165, 1.54) is 6.20 Å². The number of likely N-dealkylation sites (tertiary alicyclic amines) is 1. The van der Waals surface area contributed by atoms with E-state index < -0.39 is 0 Å². The van der Waals surface area contributed by atoms with Crippen molar-refractivity contribution in [1.29, 1.82) is 0 Å². The number of aryl methyl sites for hydroxylation is 1.